The lowest BCUT2D eigenvalue weighted by molar-refractivity contribution is -0.115. The van der Waals surface area contributed by atoms with Crippen LogP contribution in [0.2, 0.25) is 5.02 Å². The molecule has 1 aliphatic heterocycles. The van der Waals surface area contributed by atoms with Crippen molar-refractivity contribution in [3.63, 3.8) is 0 Å². The number of amides is 1. The van der Waals surface area contributed by atoms with Crippen molar-refractivity contribution in [3.05, 3.63) is 70.8 Å². The van der Waals surface area contributed by atoms with Crippen LogP contribution in [0.3, 0.4) is 0 Å². The van der Waals surface area contributed by atoms with Gasteiger partial charge in [0, 0.05) is 28.7 Å². The van der Waals surface area contributed by atoms with Crippen LogP contribution < -0.4 is 10.5 Å². The predicted molar refractivity (Wildman–Crippen MR) is 110 cm³/mol. The summed E-state index contributed by atoms with van der Waals surface area (Å²) in [6.07, 6.45) is 1.21. The van der Waals surface area contributed by atoms with Gasteiger partial charge < -0.3 is 5.32 Å². The molecule has 4 nitrogen and oxygen atoms in total. The number of rotatable bonds is 6. The lowest BCUT2D eigenvalue weighted by atomic mass is 9.98. The fourth-order valence-corrected chi connectivity index (χ4v) is 4.01. The quantitative estimate of drug-likeness (QED) is 0.404. The van der Waals surface area contributed by atoms with E-state index >= 15 is 0 Å². The first kappa shape index (κ1) is 20.8. The van der Waals surface area contributed by atoms with Gasteiger partial charge in [-0.1, -0.05) is 36.4 Å². The van der Waals surface area contributed by atoms with Crippen molar-refractivity contribution in [2.75, 3.05) is 11.9 Å². The molecular formula is C20H20ClF2N3OS. The number of carbonyl (C=O) groups is 1. The number of fused-ring (bicyclic) bond motifs is 1. The summed E-state index contributed by atoms with van der Waals surface area (Å²) < 4.78 is 28.0. The molecule has 8 heteroatoms. The standard InChI is InChI=1S/C20H20ClF2N3OS/c1-2-20(22,23)26-8-7-16-14(12-26)9-15(11-18(16)28-24)25-19(27)10-13-5-3-4-6-17(13)21/h2-6,9,11H,1,7-8,10,12,24H2,(H,25,27). The van der Waals surface area contributed by atoms with E-state index in [1.165, 1.54) is 0 Å². The molecule has 3 N–H and O–H groups in total. The summed E-state index contributed by atoms with van der Waals surface area (Å²) in [5.74, 6) is -0.245. The van der Waals surface area contributed by atoms with Gasteiger partial charge in [0.2, 0.25) is 5.91 Å². The lowest BCUT2D eigenvalue weighted by Crippen LogP contribution is -2.43. The van der Waals surface area contributed by atoms with E-state index in [-0.39, 0.29) is 25.4 Å². The van der Waals surface area contributed by atoms with Crippen molar-refractivity contribution >= 4 is 35.1 Å². The van der Waals surface area contributed by atoms with Crippen LogP contribution in [-0.2, 0) is 24.2 Å². The fourth-order valence-electron chi connectivity index (χ4n) is 3.24. The predicted octanol–water partition coefficient (Wildman–Crippen LogP) is 4.62. The van der Waals surface area contributed by atoms with Gasteiger partial charge in [0.05, 0.1) is 6.42 Å². The number of carbonyl (C=O) groups excluding carboxylic acids is 1. The molecule has 28 heavy (non-hydrogen) atoms. The van der Waals surface area contributed by atoms with E-state index in [1.807, 2.05) is 6.07 Å². The number of alkyl halides is 2. The highest BCUT2D eigenvalue weighted by atomic mass is 35.5. The maximum absolute atomic E-state index is 14.0. The van der Waals surface area contributed by atoms with Crippen LogP contribution in [0.1, 0.15) is 16.7 Å². The molecule has 0 aliphatic carbocycles. The van der Waals surface area contributed by atoms with E-state index in [2.05, 4.69) is 11.9 Å². The largest absolute Gasteiger partial charge is 0.326 e. The summed E-state index contributed by atoms with van der Waals surface area (Å²) >= 11 is 7.15. The number of hydrogen-bond donors (Lipinski definition) is 2. The van der Waals surface area contributed by atoms with E-state index in [0.29, 0.717) is 28.8 Å². The van der Waals surface area contributed by atoms with Gasteiger partial charge >= 0.3 is 6.05 Å². The zero-order valence-electron chi connectivity index (χ0n) is 15.1. The highest BCUT2D eigenvalue weighted by Crippen LogP contribution is 2.34. The molecule has 0 radical (unpaired) electrons. The Morgan fingerprint density at radius 1 is 1.39 bits per heavy atom. The van der Waals surface area contributed by atoms with E-state index in [1.54, 1.807) is 30.3 Å². The van der Waals surface area contributed by atoms with Crippen LogP contribution in [0.25, 0.3) is 0 Å². The third-order valence-corrected chi connectivity index (χ3v) is 5.67. The summed E-state index contributed by atoms with van der Waals surface area (Å²) in [5.41, 5.74) is 2.89. The molecule has 3 rings (SSSR count). The Balaban J connectivity index is 1.81. The Kier molecular flexibility index (Phi) is 6.40. The summed E-state index contributed by atoms with van der Waals surface area (Å²) in [7, 11) is 0. The van der Waals surface area contributed by atoms with Crippen molar-refractivity contribution < 1.29 is 13.6 Å². The molecule has 0 atom stereocenters. The number of anilines is 1. The minimum Gasteiger partial charge on any atom is -0.326 e. The first-order valence-corrected chi connectivity index (χ1v) is 9.92. The molecular weight excluding hydrogens is 404 g/mol. The minimum absolute atomic E-state index is 0.0517. The second kappa shape index (κ2) is 8.61. The van der Waals surface area contributed by atoms with Crippen molar-refractivity contribution in [1.29, 1.82) is 0 Å². The Labute approximate surface area is 171 Å². The number of hydrogen-bond acceptors (Lipinski definition) is 4. The first-order valence-electron chi connectivity index (χ1n) is 8.66. The smallest absolute Gasteiger partial charge is 0.324 e. The van der Waals surface area contributed by atoms with Crippen LogP contribution in [0.5, 0.6) is 0 Å². The Bertz CT molecular complexity index is 907. The van der Waals surface area contributed by atoms with E-state index < -0.39 is 6.05 Å². The van der Waals surface area contributed by atoms with Gasteiger partial charge in [0.25, 0.3) is 0 Å². The summed E-state index contributed by atoms with van der Waals surface area (Å²) in [6, 6.07) is 7.52. The molecule has 0 bridgehead atoms. The highest BCUT2D eigenvalue weighted by Gasteiger charge is 2.36. The number of nitrogens with zero attached hydrogens (tertiary/aromatic N) is 1. The second-order valence-electron chi connectivity index (χ2n) is 6.51. The molecule has 0 saturated heterocycles. The Morgan fingerprint density at radius 2 is 2.14 bits per heavy atom. The van der Waals surface area contributed by atoms with Crippen LogP contribution >= 0.6 is 23.5 Å². The average Bonchev–Trinajstić information content (AvgIpc) is 2.68. The highest BCUT2D eigenvalue weighted by molar-refractivity contribution is 7.97. The molecule has 2 aromatic rings. The van der Waals surface area contributed by atoms with Gasteiger partial charge in [-0.2, -0.15) is 8.78 Å². The van der Waals surface area contributed by atoms with Crippen LogP contribution in [0, 0.1) is 0 Å². The van der Waals surface area contributed by atoms with Crippen LogP contribution in [0.4, 0.5) is 14.5 Å². The first-order chi connectivity index (χ1) is 13.3. The number of nitrogens with one attached hydrogen (secondary N) is 1. The monoisotopic (exact) mass is 423 g/mol. The zero-order chi connectivity index (χ0) is 20.3. The number of benzene rings is 2. The second-order valence-corrected chi connectivity index (χ2v) is 7.59. The van der Waals surface area contributed by atoms with Gasteiger partial charge in [-0.3, -0.25) is 9.93 Å². The third-order valence-electron chi connectivity index (χ3n) is 4.68. The summed E-state index contributed by atoms with van der Waals surface area (Å²) in [5, 5.41) is 9.11. The molecule has 1 aliphatic rings. The zero-order valence-corrected chi connectivity index (χ0v) is 16.6. The molecule has 148 valence electrons. The maximum atomic E-state index is 14.0. The molecule has 0 fully saturated rings. The lowest BCUT2D eigenvalue weighted by Gasteiger charge is -2.34. The van der Waals surface area contributed by atoms with Crippen LogP contribution in [0.15, 0.2) is 53.9 Å². The van der Waals surface area contributed by atoms with Gasteiger partial charge in [-0.15, -0.1) is 0 Å². The molecule has 0 unspecified atom stereocenters. The molecule has 1 amide bonds. The molecule has 1 heterocycles. The molecule has 0 spiro atoms. The van der Waals surface area contributed by atoms with Gasteiger partial charge in [0.1, 0.15) is 0 Å². The number of nitrogens with two attached hydrogens (primary N) is 1. The minimum atomic E-state index is -3.09. The molecule has 0 aromatic heterocycles. The Morgan fingerprint density at radius 3 is 2.82 bits per heavy atom. The topological polar surface area (TPSA) is 58.4 Å². The third kappa shape index (κ3) is 4.55. The van der Waals surface area contributed by atoms with Crippen molar-refractivity contribution in [3.8, 4) is 0 Å². The van der Waals surface area contributed by atoms with E-state index in [4.69, 9.17) is 16.7 Å². The summed E-state index contributed by atoms with van der Waals surface area (Å²) in [6.45, 7) is 3.48. The summed E-state index contributed by atoms with van der Waals surface area (Å²) in [4.78, 5) is 14.2. The van der Waals surface area contributed by atoms with Gasteiger partial charge in [-0.05, 0) is 59.3 Å². The van der Waals surface area contributed by atoms with Crippen molar-refractivity contribution in [2.24, 2.45) is 5.14 Å². The average molecular weight is 424 g/mol. The maximum Gasteiger partial charge on any atom is 0.324 e. The van der Waals surface area contributed by atoms with Gasteiger partial charge in [-0.25, -0.2) is 4.90 Å². The molecule has 2 aromatic carbocycles. The molecule has 0 saturated carbocycles. The van der Waals surface area contributed by atoms with Crippen molar-refractivity contribution in [1.82, 2.24) is 4.90 Å². The van der Waals surface area contributed by atoms with Crippen LogP contribution in [-0.4, -0.2) is 23.4 Å². The normalized spacial score (nSPS) is 14.4. The SMILES string of the molecule is C=CC(F)(F)N1CCc2c(cc(NC(=O)Cc3ccccc3Cl)cc2SN)C1. The number of halogens is 3. The van der Waals surface area contributed by atoms with E-state index in [0.717, 1.165) is 32.9 Å². The Hall–Kier alpha value is -1.93. The fraction of sp³-hybridized carbons (Fsp3) is 0.250. The van der Waals surface area contributed by atoms with Crippen molar-refractivity contribution in [2.45, 2.75) is 30.3 Å². The van der Waals surface area contributed by atoms with E-state index in [9.17, 15) is 13.6 Å². The van der Waals surface area contributed by atoms with Gasteiger partial charge in [0.15, 0.2) is 0 Å².